The molecule has 1 aliphatic rings. The summed E-state index contributed by atoms with van der Waals surface area (Å²) in [7, 11) is 1.65. The molecular weight excluding hydrogens is 302 g/mol. The summed E-state index contributed by atoms with van der Waals surface area (Å²) in [6, 6.07) is 14.2. The van der Waals surface area contributed by atoms with Crippen molar-refractivity contribution < 1.29 is 14.3 Å². The zero-order valence-electron chi connectivity index (χ0n) is 14.4. The number of fused-ring (bicyclic) bond motifs is 1. The highest BCUT2D eigenvalue weighted by atomic mass is 16.5. The van der Waals surface area contributed by atoms with Gasteiger partial charge >= 0.3 is 0 Å². The molecule has 2 aromatic carbocycles. The fourth-order valence-corrected chi connectivity index (χ4v) is 3.26. The Balaban J connectivity index is 1.86. The Labute approximate surface area is 143 Å². The number of methoxy groups -OCH3 is 1. The maximum atomic E-state index is 11.8. The van der Waals surface area contributed by atoms with Crippen LogP contribution in [0.3, 0.4) is 0 Å². The highest BCUT2D eigenvalue weighted by molar-refractivity contribution is 5.74. The zero-order chi connectivity index (χ0) is 17.1. The molecule has 4 nitrogen and oxygen atoms in total. The van der Waals surface area contributed by atoms with Gasteiger partial charge in [-0.3, -0.25) is 4.79 Å². The summed E-state index contributed by atoms with van der Waals surface area (Å²) >= 11 is 0. The van der Waals surface area contributed by atoms with E-state index in [1.54, 1.807) is 14.0 Å². The number of rotatable bonds is 4. The lowest BCUT2D eigenvalue weighted by Gasteiger charge is -2.35. The van der Waals surface area contributed by atoms with Crippen LogP contribution in [0.4, 0.5) is 0 Å². The molecule has 0 fully saturated rings. The van der Waals surface area contributed by atoms with Crippen molar-refractivity contribution in [1.29, 1.82) is 0 Å². The van der Waals surface area contributed by atoms with E-state index in [1.165, 1.54) is 5.56 Å². The molecule has 1 aliphatic heterocycles. The van der Waals surface area contributed by atoms with Crippen LogP contribution in [0, 0.1) is 0 Å². The SMILES string of the molecule is COc1cc2c(cc1OCc1ccccc1)CCN(C(C)=O)C2C. The van der Waals surface area contributed by atoms with Crippen LogP contribution in [-0.4, -0.2) is 24.5 Å². The van der Waals surface area contributed by atoms with Crippen molar-refractivity contribution in [2.75, 3.05) is 13.7 Å². The predicted molar refractivity (Wildman–Crippen MR) is 93.3 cm³/mol. The molecule has 0 radical (unpaired) electrons. The summed E-state index contributed by atoms with van der Waals surface area (Å²) < 4.78 is 11.5. The smallest absolute Gasteiger partial charge is 0.219 e. The van der Waals surface area contributed by atoms with Crippen LogP contribution >= 0.6 is 0 Å². The van der Waals surface area contributed by atoms with Crippen molar-refractivity contribution in [3.05, 3.63) is 59.2 Å². The highest BCUT2D eigenvalue weighted by Crippen LogP contribution is 2.38. The number of amides is 1. The van der Waals surface area contributed by atoms with Crippen LogP contribution in [0.15, 0.2) is 42.5 Å². The molecule has 0 aromatic heterocycles. The number of ether oxygens (including phenoxy) is 2. The molecule has 3 rings (SSSR count). The topological polar surface area (TPSA) is 38.8 Å². The fourth-order valence-electron chi connectivity index (χ4n) is 3.26. The van der Waals surface area contributed by atoms with Gasteiger partial charge in [0, 0.05) is 13.5 Å². The molecule has 0 saturated carbocycles. The number of carbonyl (C=O) groups is 1. The van der Waals surface area contributed by atoms with Crippen molar-refractivity contribution in [1.82, 2.24) is 4.90 Å². The van der Waals surface area contributed by atoms with Crippen molar-refractivity contribution in [3.63, 3.8) is 0 Å². The van der Waals surface area contributed by atoms with Crippen molar-refractivity contribution in [2.24, 2.45) is 0 Å². The Kier molecular flexibility index (Phi) is 4.74. The van der Waals surface area contributed by atoms with Gasteiger partial charge < -0.3 is 14.4 Å². The summed E-state index contributed by atoms with van der Waals surface area (Å²) in [5.74, 6) is 1.57. The average Bonchev–Trinajstić information content (AvgIpc) is 2.60. The number of hydrogen-bond acceptors (Lipinski definition) is 3. The maximum Gasteiger partial charge on any atom is 0.219 e. The molecule has 1 atom stereocenters. The normalized spacial score (nSPS) is 16.5. The van der Waals surface area contributed by atoms with Crippen molar-refractivity contribution in [2.45, 2.75) is 32.9 Å². The van der Waals surface area contributed by atoms with Crippen molar-refractivity contribution >= 4 is 5.91 Å². The number of nitrogens with zero attached hydrogens (tertiary/aromatic N) is 1. The lowest BCUT2D eigenvalue weighted by Crippen LogP contribution is -2.37. The van der Waals surface area contributed by atoms with Crippen LogP contribution < -0.4 is 9.47 Å². The molecule has 0 saturated heterocycles. The molecule has 1 amide bonds. The Morgan fingerprint density at radius 2 is 1.96 bits per heavy atom. The largest absolute Gasteiger partial charge is 0.493 e. The third-order valence-electron chi connectivity index (χ3n) is 4.61. The molecule has 2 aromatic rings. The second-order valence-electron chi connectivity index (χ2n) is 6.11. The summed E-state index contributed by atoms with van der Waals surface area (Å²) in [6.45, 7) is 4.93. The van der Waals surface area contributed by atoms with Crippen molar-refractivity contribution in [3.8, 4) is 11.5 Å². The third-order valence-corrected chi connectivity index (χ3v) is 4.61. The van der Waals surface area contributed by atoms with Gasteiger partial charge in [-0.2, -0.15) is 0 Å². The first-order valence-electron chi connectivity index (χ1n) is 8.25. The quantitative estimate of drug-likeness (QED) is 0.859. The van der Waals surface area contributed by atoms with E-state index >= 15 is 0 Å². The third kappa shape index (κ3) is 3.23. The number of benzene rings is 2. The molecule has 1 heterocycles. The molecule has 1 unspecified atom stereocenters. The molecule has 0 aliphatic carbocycles. The minimum absolute atomic E-state index is 0.0586. The van der Waals surface area contributed by atoms with E-state index in [-0.39, 0.29) is 11.9 Å². The van der Waals surface area contributed by atoms with Gasteiger partial charge in [-0.05, 0) is 42.2 Å². The van der Waals surface area contributed by atoms with Gasteiger partial charge in [-0.25, -0.2) is 0 Å². The van der Waals surface area contributed by atoms with E-state index in [0.29, 0.717) is 12.4 Å². The van der Waals surface area contributed by atoms with Gasteiger partial charge in [-0.1, -0.05) is 30.3 Å². The van der Waals surface area contributed by atoms with Gasteiger partial charge in [0.25, 0.3) is 0 Å². The molecule has 4 heteroatoms. The summed E-state index contributed by atoms with van der Waals surface area (Å²) in [6.07, 6.45) is 0.838. The Morgan fingerprint density at radius 3 is 2.62 bits per heavy atom. The lowest BCUT2D eigenvalue weighted by molar-refractivity contribution is -0.131. The van der Waals surface area contributed by atoms with Crippen LogP contribution in [-0.2, 0) is 17.8 Å². The second kappa shape index (κ2) is 6.95. The van der Waals surface area contributed by atoms with E-state index < -0.39 is 0 Å². The first-order valence-corrected chi connectivity index (χ1v) is 8.25. The summed E-state index contributed by atoms with van der Waals surface area (Å²) in [5, 5.41) is 0. The Bertz CT molecular complexity index is 727. The van der Waals surface area contributed by atoms with E-state index in [1.807, 2.05) is 41.3 Å². The van der Waals surface area contributed by atoms with Gasteiger partial charge in [0.15, 0.2) is 11.5 Å². The average molecular weight is 325 g/mol. The van der Waals surface area contributed by atoms with Gasteiger partial charge in [-0.15, -0.1) is 0 Å². The summed E-state index contributed by atoms with van der Waals surface area (Å²) in [5.41, 5.74) is 3.48. The van der Waals surface area contributed by atoms with E-state index in [4.69, 9.17) is 9.47 Å². The Morgan fingerprint density at radius 1 is 1.21 bits per heavy atom. The van der Waals surface area contributed by atoms with E-state index in [0.717, 1.165) is 29.8 Å². The molecule has 24 heavy (non-hydrogen) atoms. The first-order chi connectivity index (χ1) is 11.6. The zero-order valence-corrected chi connectivity index (χ0v) is 14.4. The predicted octanol–water partition coefficient (Wildman–Crippen LogP) is 3.74. The number of carbonyl (C=O) groups excluding carboxylic acids is 1. The van der Waals surface area contributed by atoms with E-state index in [2.05, 4.69) is 13.0 Å². The Hall–Kier alpha value is -2.49. The van der Waals surface area contributed by atoms with Crippen LogP contribution in [0.25, 0.3) is 0 Å². The molecule has 0 N–H and O–H groups in total. The van der Waals surface area contributed by atoms with Crippen LogP contribution in [0.1, 0.15) is 36.6 Å². The lowest BCUT2D eigenvalue weighted by atomic mass is 9.93. The number of hydrogen-bond donors (Lipinski definition) is 0. The minimum atomic E-state index is 0.0586. The minimum Gasteiger partial charge on any atom is -0.493 e. The molecule has 126 valence electrons. The molecular formula is C20H23NO3. The monoisotopic (exact) mass is 325 g/mol. The first kappa shape index (κ1) is 16.4. The summed E-state index contributed by atoms with van der Waals surface area (Å²) in [4.78, 5) is 13.7. The molecule has 0 spiro atoms. The van der Waals surface area contributed by atoms with Gasteiger partial charge in [0.2, 0.25) is 5.91 Å². The van der Waals surface area contributed by atoms with Gasteiger partial charge in [0.1, 0.15) is 6.61 Å². The van der Waals surface area contributed by atoms with Crippen LogP contribution in [0.5, 0.6) is 11.5 Å². The highest BCUT2D eigenvalue weighted by Gasteiger charge is 2.27. The molecule has 0 bridgehead atoms. The standard InChI is InChI=1S/C20H23NO3/c1-14-18-12-19(23-3)20(24-13-16-7-5-4-6-8-16)11-17(18)9-10-21(14)15(2)22/h4-8,11-12,14H,9-10,13H2,1-3H3. The van der Waals surface area contributed by atoms with Gasteiger partial charge in [0.05, 0.1) is 13.2 Å². The van der Waals surface area contributed by atoms with Crippen LogP contribution in [0.2, 0.25) is 0 Å². The maximum absolute atomic E-state index is 11.8. The fraction of sp³-hybridized carbons (Fsp3) is 0.350. The second-order valence-corrected chi connectivity index (χ2v) is 6.11. The van der Waals surface area contributed by atoms with E-state index in [9.17, 15) is 4.79 Å².